The maximum absolute atomic E-state index is 12.3. The Bertz CT molecular complexity index is 867. The first kappa shape index (κ1) is 15.5. The summed E-state index contributed by atoms with van der Waals surface area (Å²) in [6.07, 6.45) is 5.78. The van der Waals surface area contributed by atoms with Crippen LogP contribution in [0.4, 0.5) is 0 Å². The fourth-order valence-corrected chi connectivity index (χ4v) is 3.21. The van der Waals surface area contributed by atoms with Gasteiger partial charge in [-0.2, -0.15) is 0 Å². The van der Waals surface area contributed by atoms with E-state index >= 15 is 0 Å². The predicted octanol–water partition coefficient (Wildman–Crippen LogP) is 0.841. The molecule has 8 heteroatoms. The lowest BCUT2D eigenvalue weighted by Crippen LogP contribution is -2.41. The first-order valence-corrected chi connectivity index (χ1v) is 8.32. The van der Waals surface area contributed by atoms with Gasteiger partial charge in [-0.1, -0.05) is 12.1 Å². The zero-order valence-electron chi connectivity index (χ0n) is 14.0. The topological polar surface area (TPSA) is 90.5 Å². The summed E-state index contributed by atoms with van der Waals surface area (Å²) in [6.45, 7) is 2.79. The third-order valence-electron chi connectivity index (χ3n) is 4.39. The zero-order chi connectivity index (χ0) is 17.2. The third-order valence-corrected chi connectivity index (χ3v) is 4.39. The van der Waals surface area contributed by atoms with E-state index in [2.05, 4.69) is 30.4 Å². The summed E-state index contributed by atoms with van der Waals surface area (Å²) in [5.41, 5.74) is 2.86. The van der Waals surface area contributed by atoms with Crippen LogP contribution in [0.1, 0.15) is 23.5 Å². The number of imidazole rings is 1. The maximum Gasteiger partial charge on any atom is 0.224 e. The Morgan fingerprint density at radius 3 is 2.92 bits per heavy atom. The smallest absolute Gasteiger partial charge is 0.224 e. The van der Waals surface area contributed by atoms with Crippen molar-refractivity contribution in [2.45, 2.75) is 38.8 Å². The van der Waals surface area contributed by atoms with Crippen LogP contribution in [0.3, 0.4) is 0 Å². The molecule has 0 unspecified atom stereocenters. The second-order valence-corrected chi connectivity index (χ2v) is 6.35. The first-order chi connectivity index (χ1) is 12.2. The molecule has 25 heavy (non-hydrogen) atoms. The molecule has 0 saturated heterocycles. The molecule has 128 valence electrons. The molecule has 0 fully saturated rings. The van der Waals surface area contributed by atoms with Gasteiger partial charge in [-0.15, -0.1) is 5.10 Å². The van der Waals surface area contributed by atoms with E-state index in [1.165, 1.54) is 6.33 Å². The van der Waals surface area contributed by atoms with Gasteiger partial charge < -0.3 is 9.88 Å². The number of amides is 1. The molecule has 3 aromatic rings. The van der Waals surface area contributed by atoms with E-state index in [4.69, 9.17) is 0 Å². The number of aryl methyl sites for hydroxylation is 2. The third kappa shape index (κ3) is 3.42. The molecule has 1 aromatic carbocycles. The van der Waals surface area contributed by atoms with Crippen molar-refractivity contribution in [1.82, 2.24) is 35.1 Å². The Labute approximate surface area is 144 Å². The van der Waals surface area contributed by atoms with Gasteiger partial charge in [0.1, 0.15) is 12.2 Å². The Kier molecular flexibility index (Phi) is 4.01. The molecule has 0 bridgehead atoms. The van der Waals surface area contributed by atoms with E-state index in [0.717, 1.165) is 42.2 Å². The number of tetrazole rings is 1. The summed E-state index contributed by atoms with van der Waals surface area (Å²) >= 11 is 0. The van der Waals surface area contributed by atoms with Crippen molar-refractivity contribution >= 4 is 5.91 Å². The quantitative estimate of drug-likeness (QED) is 0.762. The largest absolute Gasteiger partial charge is 0.351 e. The Morgan fingerprint density at radius 2 is 2.16 bits per heavy atom. The predicted molar refractivity (Wildman–Crippen MR) is 90.1 cm³/mol. The molecule has 2 aromatic heterocycles. The minimum absolute atomic E-state index is 0.0421. The van der Waals surface area contributed by atoms with Gasteiger partial charge in [0, 0.05) is 25.2 Å². The lowest BCUT2D eigenvalue weighted by atomic mass is 10.1. The molecular weight excluding hydrogens is 318 g/mol. The monoisotopic (exact) mass is 337 g/mol. The highest BCUT2D eigenvalue weighted by Gasteiger charge is 2.21. The maximum atomic E-state index is 12.3. The normalized spacial score (nSPS) is 16.4. The number of hydrogen-bond acceptors (Lipinski definition) is 5. The van der Waals surface area contributed by atoms with Crippen molar-refractivity contribution in [1.29, 1.82) is 0 Å². The highest BCUT2D eigenvalue weighted by Crippen LogP contribution is 2.15. The minimum atomic E-state index is 0.0421. The van der Waals surface area contributed by atoms with Crippen molar-refractivity contribution in [2.24, 2.45) is 0 Å². The van der Waals surface area contributed by atoms with E-state index in [0.29, 0.717) is 6.42 Å². The van der Waals surface area contributed by atoms with Crippen LogP contribution in [0.15, 0.2) is 36.8 Å². The number of carbonyl (C=O) groups excluding carboxylic acids is 1. The summed E-state index contributed by atoms with van der Waals surface area (Å²) < 4.78 is 3.72. The molecule has 4 rings (SSSR count). The number of aromatic nitrogens is 6. The van der Waals surface area contributed by atoms with Gasteiger partial charge in [-0.25, -0.2) is 9.67 Å². The van der Waals surface area contributed by atoms with Crippen molar-refractivity contribution in [2.75, 3.05) is 0 Å². The van der Waals surface area contributed by atoms with Crippen LogP contribution in [0, 0.1) is 6.92 Å². The van der Waals surface area contributed by atoms with Crippen LogP contribution in [0.5, 0.6) is 0 Å². The van der Waals surface area contributed by atoms with Gasteiger partial charge >= 0.3 is 0 Å². The first-order valence-electron chi connectivity index (χ1n) is 8.32. The molecule has 1 aliphatic rings. The SMILES string of the molecule is Cc1cn2c(n1)CC[C@@H](NC(=O)Cc1ccc(-n3cnnn3)cc1)C2. The summed E-state index contributed by atoms with van der Waals surface area (Å²) in [7, 11) is 0. The van der Waals surface area contributed by atoms with E-state index < -0.39 is 0 Å². The molecule has 3 heterocycles. The molecule has 1 N–H and O–H groups in total. The molecule has 0 radical (unpaired) electrons. The van der Waals surface area contributed by atoms with Crippen LogP contribution >= 0.6 is 0 Å². The molecular formula is C17H19N7O. The van der Waals surface area contributed by atoms with E-state index in [9.17, 15) is 4.79 Å². The second kappa shape index (κ2) is 6.46. The zero-order valence-corrected chi connectivity index (χ0v) is 14.0. The molecule has 0 aliphatic carbocycles. The number of nitrogens with zero attached hydrogens (tertiary/aromatic N) is 6. The average molecular weight is 337 g/mol. The van der Waals surface area contributed by atoms with Crippen molar-refractivity contribution in [3.63, 3.8) is 0 Å². The van der Waals surface area contributed by atoms with Crippen LogP contribution < -0.4 is 5.32 Å². The van der Waals surface area contributed by atoms with Gasteiger partial charge in [-0.3, -0.25) is 4.79 Å². The van der Waals surface area contributed by atoms with E-state index in [1.807, 2.05) is 37.4 Å². The Hall–Kier alpha value is -3.03. The standard InChI is InChI=1S/C17H19N7O/c1-12-9-23-10-14(4-7-16(23)19-12)20-17(25)8-13-2-5-15(6-3-13)24-11-18-21-22-24/h2-3,5-6,9,11,14H,4,7-8,10H2,1H3,(H,20,25)/t14-/m1/s1. The molecule has 1 aliphatic heterocycles. The average Bonchev–Trinajstić information content (AvgIpc) is 3.23. The van der Waals surface area contributed by atoms with Crippen molar-refractivity contribution < 1.29 is 4.79 Å². The van der Waals surface area contributed by atoms with Crippen LogP contribution in [-0.2, 0) is 24.2 Å². The fourth-order valence-electron chi connectivity index (χ4n) is 3.21. The van der Waals surface area contributed by atoms with E-state index in [1.54, 1.807) is 4.68 Å². The fraction of sp³-hybridized carbons (Fsp3) is 0.353. The number of hydrogen-bond donors (Lipinski definition) is 1. The molecule has 1 amide bonds. The number of carbonyl (C=O) groups is 1. The summed E-state index contributed by atoms with van der Waals surface area (Å²) in [4.78, 5) is 16.8. The highest BCUT2D eigenvalue weighted by atomic mass is 16.1. The van der Waals surface area contributed by atoms with E-state index in [-0.39, 0.29) is 11.9 Å². The van der Waals surface area contributed by atoms with Gasteiger partial charge in [0.15, 0.2) is 0 Å². The van der Waals surface area contributed by atoms with Crippen LogP contribution in [-0.4, -0.2) is 41.7 Å². The molecule has 0 spiro atoms. The summed E-state index contributed by atoms with van der Waals surface area (Å²) in [6, 6.07) is 7.82. The van der Waals surface area contributed by atoms with Crippen molar-refractivity contribution in [3.8, 4) is 5.69 Å². The van der Waals surface area contributed by atoms with Gasteiger partial charge in [-0.05, 0) is 41.5 Å². The van der Waals surface area contributed by atoms with Gasteiger partial charge in [0.2, 0.25) is 5.91 Å². The summed E-state index contributed by atoms with van der Waals surface area (Å²) in [5.74, 6) is 1.15. The number of benzene rings is 1. The minimum Gasteiger partial charge on any atom is -0.351 e. The molecule has 8 nitrogen and oxygen atoms in total. The lowest BCUT2D eigenvalue weighted by Gasteiger charge is -2.24. The lowest BCUT2D eigenvalue weighted by molar-refractivity contribution is -0.121. The summed E-state index contributed by atoms with van der Waals surface area (Å²) in [5, 5.41) is 14.2. The molecule has 0 saturated carbocycles. The van der Waals surface area contributed by atoms with Crippen LogP contribution in [0.2, 0.25) is 0 Å². The van der Waals surface area contributed by atoms with Gasteiger partial charge in [0.05, 0.1) is 17.8 Å². The number of rotatable bonds is 4. The number of nitrogens with one attached hydrogen (secondary N) is 1. The molecule has 1 atom stereocenters. The number of fused-ring (bicyclic) bond motifs is 1. The van der Waals surface area contributed by atoms with Crippen molar-refractivity contribution in [3.05, 3.63) is 53.9 Å². The van der Waals surface area contributed by atoms with Gasteiger partial charge in [0.25, 0.3) is 0 Å². The Balaban J connectivity index is 1.35. The Morgan fingerprint density at radius 1 is 1.32 bits per heavy atom. The highest BCUT2D eigenvalue weighted by molar-refractivity contribution is 5.78. The van der Waals surface area contributed by atoms with Crippen LogP contribution in [0.25, 0.3) is 5.69 Å². The second-order valence-electron chi connectivity index (χ2n) is 6.35.